The molecule has 0 aliphatic heterocycles. The first-order valence-corrected chi connectivity index (χ1v) is 5.69. The van der Waals surface area contributed by atoms with Crippen molar-refractivity contribution in [1.29, 1.82) is 0 Å². The monoisotopic (exact) mass is 228 g/mol. The Morgan fingerprint density at radius 1 is 1.53 bits per heavy atom. The van der Waals surface area contributed by atoms with Crippen molar-refractivity contribution in [2.24, 2.45) is 5.92 Å². The average Bonchev–Trinajstić information content (AvgIpc) is 2.63. The van der Waals surface area contributed by atoms with Crippen LogP contribution in [0.25, 0.3) is 0 Å². The summed E-state index contributed by atoms with van der Waals surface area (Å²) in [5.41, 5.74) is 0. The molecule has 1 fully saturated rings. The van der Waals surface area contributed by atoms with E-state index in [2.05, 4.69) is 10.3 Å². The minimum atomic E-state index is -0.304. The minimum absolute atomic E-state index is 0.226. The Morgan fingerprint density at radius 2 is 2.40 bits per heavy atom. The lowest BCUT2D eigenvalue weighted by Crippen LogP contribution is -2.19. The van der Waals surface area contributed by atoms with Crippen LogP contribution in [0.3, 0.4) is 0 Å². The zero-order valence-electron chi connectivity index (χ0n) is 8.42. The van der Waals surface area contributed by atoms with Gasteiger partial charge in [-0.15, -0.1) is 11.6 Å². The molecule has 2 atom stereocenters. The third kappa shape index (κ3) is 2.59. The van der Waals surface area contributed by atoms with Crippen LogP contribution in [0.5, 0.6) is 0 Å². The molecule has 82 valence electrons. The topological polar surface area (TPSA) is 24.9 Å². The zero-order valence-corrected chi connectivity index (χ0v) is 9.17. The first-order valence-electron chi connectivity index (χ1n) is 5.26. The van der Waals surface area contributed by atoms with Gasteiger partial charge in [-0.1, -0.05) is 6.42 Å². The minimum Gasteiger partial charge on any atom is -0.367 e. The van der Waals surface area contributed by atoms with E-state index in [1.807, 2.05) is 0 Å². The van der Waals surface area contributed by atoms with E-state index in [0.29, 0.717) is 18.3 Å². The first-order chi connectivity index (χ1) is 7.27. The number of halogens is 2. The quantitative estimate of drug-likeness (QED) is 0.805. The van der Waals surface area contributed by atoms with Crippen molar-refractivity contribution >= 4 is 17.4 Å². The Bertz CT molecular complexity index is 332. The second-order valence-electron chi connectivity index (χ2n) is 3.92. The number of nitrogens with zero attached hydrogens (tertiary/aromatic N) is 1. The number of alkyl halides is 1. The predicted octanol–water partition coefficient (Wildman–Crippen LogP) is 3.04. The Balaban J connectivity index is 1.90. The third-order valence-corrected chi connectivity index (χ3v) is 3.43. The molecule has 1 aliphatic carbocycles. The molecule has 0 spiro atoms. The van der Waals surface area contributed by atoms with Gasteiger partial charge in [0.2, 0.25) is 0 Å². The summed E-state index contributed by atoms with van der Waals surface area (Å²) in [5.74, 6) is 0.461. The van der Waals surface area contributed by atoms with Gasteiger partial charge < -0.3 is 5.32 Å². The molecule has 1 aromatic heterocycles. The molecule has 4 heteroatoms. The Kier molecular flexibility index (Phi) is 3.41. The van der Waals surface area contributed by atoms with Crippen LogP contribution < -0.4 is 5.32 Å². The van der Waals surface area contributed by atoms with Gasteiger partial charge in [0.05, 0.1) is 0 Å². The number of rotatable bonds is 3. The largest absolute Gasteiger partial charge is 0.367 e. The molecule has 1 N–H and O–H groups in total. The summed E-state index contributed by atoms with van der Waals surface area (Å²) >= 11 is 6.13. The SMILES string of the molecule is Fc1cccnc1NCC1CCCC1Cl. The molecule has 1 heterocycles. The lowest BCUT2D eigenvalue weighted by Gasteiger charge is -2.14. The van der Waals surface area contributed by atoms with Crippen LogP contribution in [0, 0.1) is 11.7 Å². The number of pyridine rings is 1. The highest BCUT2D eigenvalue weighted by Gasteiger charge is 2.25. The highest BCUT2D eigenvalue weighted by atomic mass is 35.5. The summed E-state index contributed by atoms with van der Waals surface area (Å²) in [5, 5.41) is 3.24. The van der Waals surface area contributed by atoms with E-state index in [9.17, 15) is 4.39 Å². The fourth-order valence-electron chi connectivity index (χ4n) is 1.97. The van der Waals surface area contributed by atoms with Crippen LogP contribution in [0.1, 0.15) is 19.3 Å². The van der Waals surface area contributed by atoms with Crippen molar-refractivity contribution in [3.05, 3.63) is 24.1 Å². The van der Waals surface area contributed by atoms with E-state index in [1.54, 1.807) is 12.3 Å². The molecule has 2 rings (SSSR count). The molecular formula is C11H14ClFN2. The van der Waals surface area contributed by atoms with Crippen molar-refractivity contribution in [1.82, 2.24) is 4.98 Å². The lowest BCUT2D eigenvalue weighted by molar-refractivity contribution is 0.576. The maximum atomic E-state index is 13.2. The third-order valence-electron chi connectivity index (χ3n) is 2.86. The Labute approximate surface area is 93.9 Å². The Morgan fingerprint density at radius 3 is 3.07 bits per heavy atom. The normalized spacial score (nSPS) is 25.5. The van der Waals surface area contributed by atoms with E-state index >= 15 is 0 Å². The van der Waals surface area contributed by atoms with Crippen molar-refractivity contribution in [2.45, 2.75) is 24.6 Å². The number of nitrogens with one attached hydrogen (secondary N) is 1. The molecule has 1 aliphatic rings. The van der Waals surface area contributed by atoms with Gasteiger partial charge in [-0.2, -0.15) is 0 Å². The molecule has 1 saturated carbocycles. The molecule has 15 heavy (non-hydrogen) atoms. The first kappa shape index (κ1) is 10.7. The van der Waals surface area contributed by atoms with E-state index in [4.69, 9.17) is 11.6 Å². The van der Waals surface area contributed by atoms with E-state index < -0.39 is 0 Å². The van der Waals surface area contributed by atoms with Gasteiger partial charge in [0.15, 0.2) is 11.6 Å². The molecule has 0 bridgehead atoms. The van der Waals surface area contributed by atoms with Crippen molar-refractivity contribution < 1.29 is 4.39 Å². The van der Waals surface area contributed by atoms with Crippen LogP contribution >= 0.6 is 11.6 Å². The van der Waals surface area contributed by atoms with Crippen LogP contribution in [-0.2, 0) is 0 Å². The molecule has 0 radical (unpaired) electrons. The van der Waals surface area contributed by atoms with E-state index in [-0.39, 0.29) is 11.2 Å². The summed E-state index contributed by atoms with van der Waals surface area (Å²) in [4.78, 5) is 3.94. The second-order valence-corrected chi connectivity index (χ2v) is 4.48. The predicted molar refractivity (Wildman–Crippen MR) is 59.7 cm³/mol. The fourth-order valence-corrected chi connectivity index (χ4v) is 2.33. The molecule has 1 aromatic rings. The number of aromatic nitrogens is 1. The summed E-state index contributed by atoms with van der Waals surface area (Å²) in [6.45, 7) is 0.710. The lowest BCUT2D eigenvalue weighted by atomic mass is 10.1. The highest BCUT2D eigenvalue weighted by Crippen LogP contribution is 2.30. The van der Waals surface area contributed by atoms with Crippen LogP contribution in [-0.4, -0.2) is 16.9 Å². The summed E-state index contributed by atoms with van der Waals surface area (Å²) in [7, 11) is 0. The molecule has 0 amide bonds. The maximum absolute atomic E-state index is 13.2. The van der Waals surface area contributed by atoms with Crippen LogP contribution in [0.2, 0.25) is 0 Å². The van der Waals surface area contributed by atoms with E-state index in [0.717, 1.165) is 12.8 Å². The number of hydrogen-bond acceptors (Lipinski definition) is 2. The van der Waals surface area contributed by atoms with Gasteiger partial charge in [-0.05, 0) is 30.9 Å². The molecule has 0 aromatic carbocycles. The van der Waals surface area contributed by atoms with Gasteiger partial charge in [-0.25, -0.2) is 9.37 Å². The van der Waals surface area contributed by atoms with Crippen molar-refractivity contribution in [3.8, 4) is 0 Å². The van der Waals surface area contributed by atoms with Gasteiger partial charge in [0.25, 0.3) is 0 Å². The van der Waals surface area contributed by atoms with Gasteiger partial charge in [0, 0.05) is 18.1 Å². The molecule has 2 unspecified atom stereocenters. The summed E-state index contributed by atoms with van der Waals surface area (Å²) in [6.07, 6.45) is 4.94. The zero-order chi connectivity index (χ0) is 10.7. The fraction of sp³-hybridized carbons (Fsp3) is 0.545. The maximum Gasteiger partial charge on any atom is 0.165 e. The summed E-state index contributed by atoms with van der Waals surface area (Å²) in [6, 6.07) is 2.99. The molecular weight excluding hydrogens is 215 g/mol. The van der Waals surface area contributed by atoms with Gasteiger partial charge in [0.1, 0.15) is 0 Å². The molecule has 0 saturated heterocycles. The number of anilines is 1. The van der Waals surface area contributed by atoms with Crippen LogP contribution in [0.4, 0.5) is 10.2 Å². The standard InChI is InChI=1S/C11H14ClFN2/c12-9-4-1-3-8(9)7-15-11-10(13)5-2-6-14-11/h2,5-6,8-9H,1,3-4,7H2,(H,14,15). The molecule has 2 nitrogen and oxygen atoms in total. The number of hydrogen-bond donors (Lipinski definition) is 1. The van der Waals surface area contributed by atoms with Crippen LogP contribution in [0.15, 0.2) is 18.3 Å². The van der Waals surface area contributed by atoms with Crippen molar-refractivity contribution in [3.63, 3.8) is 0 Å². The van der Waals surface area contributed by atoms with Gasteiger partial charge >= 0.3 is 0 Å². The van der Waals surface area contributed by atoms with E-state index in [1.165, 1.54) is 12.5 Å². The summed E-state index contributed by atoms with van der Waals surface area (Å²) < 4.78 is 13.2. The van der Waals surface area contributed by atoms with Gasteiger partial charge in [-0.3, -0.25) is 0 Å². The second kappa shape index (κ2) is 4.79. The van der Waals surface area contributed by atoms with Crippen molar-refractivity contribution in [2.75, 3.05) is 11.9 Å². The highest BCUT2D eigenvalue weighted by molar-refractivity contribution is 6.20. The average molecular weight is 229 g/mol. The smallest absolute Gasteiger partial charge is 0.165 e. The Hall–Kier alpha value is -0.830.